The lowest BCUT2D eigenvalue weighted by Crippen LogP contribution is -1.78. The zero-order valence-corrected chi connectivity index (χ0v) is 8.82. The first-order valence-electron chi connectivity index (χ1n) is 5.35. The molecule has 0 saturated carbocycles. The Kier molecular flexibility index (Phi) is 1.28. The molecule has 0 amide bonds. The summed E-state index contributed by atoms with van der Waals surface area (Å²) >= 11 is 0. The molecule has 0 spiro atoms. The Morgan fingerprint density at radius 1 is 1.00 bits per heavy atom. The molecular weight excluding hydrogens is 198 g/mol. The highest BCUT2D eigenvalue weighted by Gasteiger charge is 2.26. The third kappa shape index (κ3) is 0.770. The largest absolute Gasteiger partial charge is 0.355 e. The molecule has 0 aliphatic heterocycles. The van der Waals surface area contributed by atoms with Crippen LogP contribution in [0.25, 0.3) is 33.2 Å². The average Bonchev–Trinajstić information content (AvgIpc) is 2.83. The molecule has 4 rings (SSSR count). The maximum atomic E-state index is 5.43. The molecule has 0 fully saturated rings. The normalized spacial score (nSPS) is 12.1. The zero-order chi connectivity index (χ0) is 10.7. The maximum Gasteiger partial charge on any atom is 0.175 e. The van der Waals surface area contributed by atoms with E-state index in [4.69, 9.17) is 4.52 Å². The Balaban J connectivity index is 2.32. The van der Waals surface area contributed by atoms with Gasteiger partial charge in [0.25, 0.3) is 0 Å². The fraction of sp³-hybridized carbons (Fsp3) is 0.0714. The SMILES string of the molecule is Cc1noc2c1-c1cccc3cccc-2c13. The Morgan fingerprint density at radius 2 is 1.75 bits per heavy atom. The Hall–Kier alpha value is -2.09. The van der Waals surface area contributed by atoms with Crippen LogP contribution in [0.15, 0.2) is 40.9 Å². The van der Waals surface area contributed by atoms with Gasteiger partial charge in [0.15, 0.2) is 5.76 Å². The first kappa shape index (κ1) is 8.11. The van der Waals surface area contributed by atoms with Crippen LogP contribution in [0, 0.1) is 6.92 Å². The van der Waals surface area contributed by atoms with Crippen molar-refractivity contribution in [1.29, 1.82) is 0 Å². The lowest BCUT2D eigenvalue weighted by Gasteiger charge is -2.00. The van der Waals surface area contributed by atoms with E-state index in [1.54, 1.807) is 0 Å². The number of rotatable bonds is 0. The van der Waals surface area contributed by atoms with Crippen molar-refractivity contribution >= 4 is 10.8 Å². The van der Waals surface area contributed by atoms with E-state index in [-0.39, 0.29) is 0 Å². The highest BCUT2D eigenvalue weighted by Crippen LogP contribution is 2.48. The summed E-state index contributed by atoms with van der Waals surface area (Å²) in [5.41, 5.74) is 4.55. The molecule has 0 bridgehead atoms. The smallest absolute Gasteiger partial charge is 0.175 e. The van der Waals surface area contributed by atoms with Crippen molar-refractivity contribution in [2.75, 3.05) is 0 Å². The molecule has 2 nitrogen and oxygen atoms in total. The fourth-order valence-corrected chi connectivity index (χ4v) is 2.61. The van der Waals surface area contributed by atoms with Gasteiger partial charge in [0, 0.05) is 10.9 Å². The number of aromatic nitrogens is 1. The minimum absolute atomic E-state index is 0.921. The quantitative estimate of drug-likeness (QED) is 0.438. The topological polar surface area (TPSA) is 26.0 Å². The highest BCUT2D eigenvalue weighted by atomic mass is 16.5. The molecule has 76 valence electrons. The van der Waals surface area contributed by atoms with Gasteiger partial charge in [0.2, 0.25) is 0 Å². The summed E-state index contributed by atoms with van der Waals surface area (Å²) in [7, 11) is 0. The standard InChI is InChI=1S/C14H9NO/c1-8-12-10-6-2-4-9-5-3-7-11(13(9)10)14(12)16-15-8/h2-7H,1H3. The minimum atomic E-state index is 0.921. The van der Waals surface area contributed by atoms with Crippen molar-refractivity contribution in [2.24, 2.45) is 0 Å². The van der Waals surface area contributed by atoms with Gasteiger partial charge in [-0.3, -0.25) is 0 Å². The summed E-state index contributed by atoms with van der Waals surface area (Å²) in [4.78, 5) is 0. The van der Waals surface area contributed by atoms with E-state index in [2.05, 4.69) is 41.6 Å². The predicted molar refractivity (Wildman–Crippen MR) is 63.2 cm³/mol. The second-order valence-corrected chi connectivity index (χ2v) is 4.18. The lowest BCUT2D eigenvalue weighted by molar-refractivity contribution is 0.428. The van der Waals surface area contributed by atoms with E-state index in [9.17, 15) is 0 Å². The monoisotopic (exact) mass is 207 g/mol. The van der Waals surface area contributed by atoms with Gasteiger partial charge in [0.1, 0.15) is 0 Å². The first-order valence-corrected chi connectivity index (χ1v) is 5.35. The van der Waals surface area contributed by atoms with Gasteiger partial charge in [-0.2, -0.15) is 0 Å². The number of aryl methyl sites for hydroxylation is 1. The van der Waals surface area contributed by atoms with Crippen molar-refractivity contribution in [3.63, 3.8) is 0 Å². The second kappa shape index (κ2) is 2.53. The highest BCUT2D eigenvalue weighted by molar-refractivity contribution is 6.14. The van der Waals surface area contributed by atoms with E-state index >= 15 is 0 Å². The molecule has 2 heteroatoms. The number of hydrogen-bond acceptors (Lipinski definition) is 2. The van der Waals surface area contributed by atoms with E-state index in [0.717, 1.165) is 17.0 Å². The summed E-state index contributed by atoms with van der Waals surface area (Å²) in [6.45, 7) is 1.99. The number of benzene rings is 2. The van der Waals surface area contributed by atoms with E-state index in [1.807, 2.05) is 6.92 Å². The fourth-order valence-electron chi connectivity index (χ4n) is 2.61. The molecule has 1 aromatic heterocycles. The summed E-state index contributed by atoms with van der Waals surface area (Å²) in [6, 6.07) is 12.7. The molecule has 0 atom stereocenters. The van der Waals surface area contributed by atoms with Gasteiger partial charge in [-0.25, -0.2) is 0 Å². The van der Waals surface area contributed by atoms with Crippen molar-refractivity contribution in [3.8, 4) is 22.5 Å². The van der Waals surface area contributed by atoms with Crippen LogP contribution in [0.1, 0.15) is 5.69 Å². The van der Waals surface area contributed by atoms with E-state index in [1.165, 1.54) is 21.9 Å². The van der Waals surface area contributed by atoms with Crippen LogP contribution in [0.3, 0.4) is 0 Å². The maximum absolute atomic E-state index is 5.43. The van der Waals surface area contributed by atoms with Crippen molar-refractivity contribution < 1.29 is 4.52 Å². The van der Waals surface area contributed by atoms with Crippen LogP contribution in [-0.4, -0.2) is 5.16 Å². The Labute approximate surface area is 92.5 Å². The number of fused-ring (bicyclic) bond motifs is 3. The Bertz CT molecular complexity index is 719. The van der Waals surface area contributed by atoms with Crippen LogP contribution < -0.4 is 0 Å². The molecule has 0 radical (unpaired) electrons. The van der Waals surface area contributed by atoms with Crippen molar-refractivity contribution in [2.45, 2.75) is 6.92 Å². The van der Waals surface area contributed by atoms with Crippen LogP contribution in [0.5, 0.6) is 0 Å². The zero-order valence-electron chi connectivity index (χ0n) is 8.82. The number of nitrogens with zero attached hydrogens (tertiary/aromatic N) is 1. The summed E-state index contributed by atoms with van der Waals surface area (Å²) in [5, 5.41) is 6.61. The van der Waals surface area contributed by atoms with Crippen molar-refractivity contribution in [1.82, 2.24) is 5.16 Å². The summed E-state index contributed by atoms with van der Waals surface area (Å²) in [6.07, 6.45) is 0. The second-order valence-electron chi connectivity index (χ2n) is 4.18. The molecule has 0 unspecified atom stereocenters. The molecule has 1 aliphatic rings. The molecular formula is C14H9NO. The predicted octanol–water partition coefficient (Wildman–Crippen LogP) is 3.78. The third-order valence-electron chi connectivity index (χ3n) is 3.28. The van der Waals surface area contributed by atoms with E-state index in [0.29, 0.717) is 0 Å². The van der Waals surface area contributed by atoms with Crippen LogP contribution in [0.4, 0.5) is 0 Å². The minimum Gasteiger partial charge on any atom is -0.355 e. The number of hydrogen-bond donors (Lipinski definition) is 0. The summed E-state index contributed by atoms with van der Waals surface area (Å²) in [5.74, 6) is 0.921. The first-order chi connectivity index (χ1) is 7.86. The third-order valence-corrected chi connectivity index (χ3v) is 3.28. The molecule has 2 aromatic carbocycles. The van der Waals surface area contributed by atoms with Crippen LogP contribution in [-0.2, 0) is 0 Å². The lowest BCUT2D eigenvalue weighted by atomic mass is 10.0. The van der Waals surface area contributed by atoms with Crippen molar-refractivity contribution in [3.05, 3.63) is 42.1 Å². The Morgan fingerprint density at radius 3 is 2.56 bits per heavy atom. The van der Waals surface area contributed by atoms with Gasteiger partial charge in [0.05, 0.1) is 11.3 Å². The molecule has 0 N–H and O–H groups in total. The molecule has 3 aromatic rings. The van der Waals surface area contributed by atoms with Crippen LogP contribution in [0.2, 0.25) is 0 Å². The summed E-state index contributed by atoms with van der Waals surface area (Å²) < 4.78 is 5.43. The van der Waals surface area contributed by atoms with Gasteiger partial charge in [-0.1, -0.05) is 41.6 Å². The molecule has 1 heterocycles. The average molecular weight is 207 g/mol. The van der Waals surface area contributed by atoms with Crippen LogP contribution >= 0.6 is 0 Å². The van der Waals surface area contributed by atoms with Gasteiger partial charge < -0.3 is 4.52 Å². The van der Waals surface area contributed by atoms with E-state index < -0.39 is 0 Å². The molecule has 1 aliphatic carbocycles. The molecule has 0 saturated heterocycles. The van der Waals surface area contributed by atoms with Gasteiger partial charge in [-0.15, -0.1) is 0 Å². The molecule has 16 heavy (non-hydrogen) atoms. The van der Waals surface area contributed by atoms with Gasteiger partial charge >= 0.3 is 0 Å². The van der Waals surface area contributed by atoms with Gasteiger partial charge in [-0.05, 0) is 17.9 Å².